The number of carbonyl (C=O) groups is 2. The van der Waals surface area contributed by atoms with Gasteiger partial charge in [-0.15, -0.1) is 0 Å². The highest BCUT2D eigenvalue weighted by molar-refractivity contribution is 6.46. The van der Waals surface area contributed by atoms with Crippen molar-refractivity contribution in [2.75, 3.05) is 6.54 Å². The normalized spacial score (nSPS) is 17.3. The number of ketones is 1. The topological polar surface area (TPSA) is 66.8 Å². The van der Waals surface area contributed by atoms with E-state index in [4.69, 9.17) is 16.3 Å². The maximum atomic E-state index is 13.3. The predicted octanol–water partition coefficient (Wildman–Crippen LogP) is 5.93. The highest BCUT2D eigenvalue weighted by atomic mass is 35.5. The van der Waals surface area contributed by atoms with E-state index in [0.717, 1.165) is 5.56 Å². The number of amides is 1. The highest BCUT2D eigenvalue weighted by Gasteiger charge is 2.45. The van der Waals surface area contributed by atoms with Crippen LogP contribution in [0.25, 0.3) is 5.76 Å². The average Bonchev–Trinajstić information content (AvgIpc) is 3.08. The molecule has 0 aromatic heterocycles. The lowest BCUT2D eigenvalue weighted by Crippen LogP contribution is -2.31. The summed E-state index contributed by atoms with van der Waals surface area (Å²) < 4.78 is 19.0. The standard InChI is InChI=1S/C28H25ClFNO4/c1-17(2)35-23-12-8-19(9-13-23)25-24(26(32)20-4-3-5-21(29)16-20)27(33)28(34)31(25)15-14-18-6-10-22(30)11-7-18/h3-13,16-17,25,32H,14-15H2,1-2H3/b26-24-. The van der Waals surface area contributed by atoms with E-state index in [-0.39, 0.29) is 29.8 Å². The first kappa shape index (κ1) is 24.5. The number of benzene rings is 3. The molecule has 0 radical (unpaired) electrons. The van der Waals surface area contributed by atoms with Crippen molar-refractivity contribution >= 4 is 29.1 Å². The minimum absolute atomic E-state index is 0.00565. The maximum absolute atomic E-state index is 13.3. The van der Waals surface area contributed by atoms with Gasteiger partial charge in [0, 0.05) is 17.1 Å². The summed E-state index contributed by atoms with van der Waals surface area (Å²) in [5.74, 6) is -1.46. The quantitative estimate of drug-likeness (QED) is 0.251. The van der Waals surface area contributed by atoms with Gasteiger partial charge in [-0.2, -0.15) is 0 Å². The second-order valence-electron chi connectivity index (χ2n) is 8.61. The predicted molar refractivity (Wildman–Crippen MR) is 133 cm³/mol. The van der Waals surface area contributed by atoms with Crippen molar-refractivity contribution in [3.05, 3.63) is 106 Å². The van der Waals surface area contributed by atoms with Gasteiger partial charge in [0.1, 0.15) is 17.3 Å². The Kier molecular flexibility index (Phi) is 7.22. The van der Waals surface area contributed by atoms with E-state index in [2.05, 4.69) is 0 Å². The largest absolute Gasteiger partial charge is 0.507 e. The molecule has 1 aliphatic rings. The molecule has 0 saturated carbocycles. The number of aliphatic hydroxyl groups is 1. The molecule has 1 unspecified atom stereocenters. The van der Waals surface area contributed by atoms with E-state index in [9.17, 15) is 19.1 Å². The number of ether oxygens (including phenoxy) is 1. The first-order chi connectivity index (χ1) is 16.7. The number of Topliss-reactive ketones (excluding diaryl/α,β-unsaturated/α-hetero) is 1. The molecule has 35 heavy (non-hydrogen) atoms. The van der Waals surface area contributed by atoms with Crippen molar-refractivity contribution in [1.82, 2.24) is 4.90 Å². The van der Waals surface area contributed by atoms with Gasteiger partial charge in [-0.25, -0.2) is 4.39 Å². The van der Waals surface area contributed by atoms with Crippen molar-refractivity contribution in [2.45, 2.75) is 32.4 Å². The van der Waals surface area contributed by atoms with Crippen LogP contribution in [0.3, 0.4) is 0 Å². The lowest BCUT2D eigenvalue weighted by molar-refractivity contribution is -0.139. The fourth-order valence-electron chi connectivity index (χ4n) is 4.15. The lowest BCUT2D eigenvalue weighted by atomic mass is 9.95. The summed E-state index contributed by atoms with van der Waals surface area (Å²) in [6.45, 7) is 4.05. The molecule has 0 aliphatic carbocycles. The number of nitrogens with zero attached hydrogens (tertiary/aromatic N) is 1. The summed E-state index contributed by atoms with van der Waals surface area (Å²) in [6.07, 6.45) is 0.403. The molecule has 180 valence electrons. The van der Waals surface area contributed by atoms with Crippen molar-refractivity contribution in [3.63, 3.8) is 0 Å². The fraction of sp³-hybridized carbons (Fsp3) is 0.214. The van der Waals surface area contributed by atoms with Crippen molar-refractivity contribution in [2.24, 2.45) is 0 Å². The SMILES string of the molecule is CC(C)Oc1ccc(C2/C(=C(/O)c3cccc(Cl)c3)C(=O)C(=O)N2CCc2ccc(F)cc2)cc1. The minimum Gasteiger partial charge on any atom is -0.507 e. The molecule has 1 N–H and O–H groups in total. The van der Waals surface area contributed by atoms with Gasteiger partial charge in [0.25, 0.3) is 11.7 Å². The highest BCUT2D eigenvalue weighted by Crippen LogP contribution is 2.40. The van der Waals surface area contributed by atoms with E-state index < -0.39 is 17.7 Å². The van der Waals surface area contributed by atoms with E-state index in [1.807, 2.05) is 13.8 Å². The fourth-order valence-corrected chi connectivity index (χ4v) is 4.34. The molecule has 3 aromatic rings. The van der Waals surface area contributed by atoms with Crippen LogP contribution in [-0.4, -0.2) is 34.3 Å². The molecule has 0 spiro atoms. The number of hydrogen-bond donors (Lipinski definition) is 1. The van der Waals surface area contributed by atoms with Crippen LogP contribution >= 0.6 is 11.6 Å². The zero-order chi connectivity index (χ0) is 25.1. The first-order valence-corrected chi connectivity index (χ1v) is 11.7. The van der Waals surface area contributed by atoms with Gasteiger partial charge in [0.05, 0.1) is 17.7 Å². The van der Waals surface area contributed by atoms with E-state index in [1.54, 1.807) is 60.7 Å². The molecule has 1 heterocycles. The van der Waals surface area contributed by atoms with Crippen LogP contribution in [0.5, 0.6) is 5.75 Å². The number of carbonyl (C=O) groups excluding carboxylic acids is 2. The van der Waals surface area contributed by atoms with Gasteiger partial charge >= 0.3 is 0 Å². The summed E-state index contributed by atoms with van der Waals surface area (Å²) >= 11 is 6.09. The van der Waals surface area contributed by atoms with Gasteiger partial charge in [0.2, 0.25) is 0 Å². The third kappa shape index (κ3) is 5.38. The second-order valence-corrected chi connectivity index (χ2v) is 9.05. The number of likely N-dealkylation sites (tertiary alicyclic amines) is 1. The van der Waals surface area contributed by atoms with Crippen molar-refractivity contribution in [3.8, 4) is 5.75 Å². The second kappa shape index (κ2) is 10.3. The molecule has 1 amide bonds. The Morgan fingerprint density at radius 2 is 1.74 bits per heavy atom. The Hall–Kier alpha value is -3.64. The maximum Gasteiger partial charge on any atom is 0.295 e. The molecule has 3 aromatic carbocycles. The monoisotopic (exact) mass is 493 g/mol. The van der Waals surface area contributed by atoms with Crippen molar-refractivity contribution < 1.29 is 23.8 Å². The Morgan fingerprint density at radius 3 is 2.37 bits per heavy atom. The Labute approximate surface area is 208 Å². The molecular formula is C28H25ClFNO4. The third-order valence-corrected chi connectivity index (χ3v) is 6.00. The average molecular weight is 494 g/mol. The number of rotatable bonds is 7. The summed E-state index contributed by atoms with van der Waals surface area (Å²) in [5, 5.41) is 11.5. The van der Waals surface area contributed by atoms with Crippen LogP contribution in [0.15, 0.2) is 78.4 Å². The lowest BCUT2D eigenvalue weighted by Gasteiger charge is -2.25. The third-order valence-electron chi connectivity index (χ3n) is 5.76. The number of halogens is 2. The van der Waals surface area contributed by atoms with Gasteiger partial charge in [-0.3, -0.25) is 9.59 Å². The molecule has 0 bridgehead atoms. The smallest absolute Gasteiger partial charge is 0.295 e. The molecule has 1 fully saturated rings. The van der Waals surface area contributed by atoms with Crippen LogP contribution in [0, 0.1) is 5.82 Å². The summed E-state index contributed by atoms with van der Waals surface area (Å²) in [7, 11) is 0. The molecule has 1 saturated heterocycles. The molecule has 5 nitrogen and oxygen atoms in total. The Balaban J connectivity index is 1.75. The first-order valence-electron chi connectivity index (χ1n) is 11.3. The van der Waals surface area contributed by atoms with Crippen LogP contribution in [0.1, 0.15) is 36.6 Å². The van der Waals surface area contributed by atoms with Crippen LogP contribution < -0.4 is 4.74 Å². The summed E-state index contributed by atoms with van der Waals surface area (Å²) in [6, 6.07) is 18.8. The van der Waals surface area contributed by atoms with Gasteiger partial charge in [-0.1, -0.05) is 48.0 Å². The molecule has 7 heteroatoms. The number of hydrogen-bond acceptors (Lipinski definition) is 4. The Bertz CT molecular complexity index is 1270. The zero-order valence-electron chi connectivity index (χ0n) is 19.4. The number of aliphatic hydroxyl groups excluding tert-OH is 1. The molecule has 1 aliphatic heterocycles. The van der Waals surface area contributed by atoms with Crippen LogP contribution in [0.4, 0.5) is 4.39 Å². The van der Waals surface area contributed by atoms with Crippen LogP contribution in [0.2, 0.25) is 5.02 Å². The van der Waals surface area contributed by atoms with Gasteiger partial charge in [-0.05, 0) is 67.8 Å². The van der Waals surface area contributed by atoms with Gasteiger partial charge < -0.3 is 14.7 Å². The van der Waals surface area contributed by atoms with Gasteiger partial charge in [0.15, 0.2) is 0 Å². The van der Waals surface area contributed by atoms with Crippen molar-refractivity contribution in [1.29, 1.82) is 0 Å². The summed E-state index contributed by atoms with van der Waals surface area (Å²) in [5.41, 5.74) is 1.82. The molecule has 1 atom stereocenters. The van der Waals surface area contributed by atoms with E-state index in [0.29, 0.717) is 28.3 Å². The minimum atomic E-state index is -0.803. The zero-order valence-corrected chi connectivity index (χ0v) is 20.1. The molecular weight excluding hydrogens is 469 g/mol. The Morgan fingerprint density at radius 1 is 1.06 bits per heavy atom. The summed E-state index contributed by atoms with van der Waals surface area (Å²) in [4.78, 5) is 27.7. The molecule has 4 rings (SSSR count). The van der Waals surface area contributed by atoms with E-state index >= 15 is 0 Å². The van der Waals surface area contributed by atoms with E-state index in [1.165, 1.54) is 17.0 Å². The van der Waals surface area contributed by atoms with Crippen LogP contribution in [-0.2, 0) is 16.0 Å².